The summed E-state index contributed by atoms with van der Waals surface area (Å²) in [6.45, 7) is 0.634. The van der Waals surface area contributed by atoms with E-state index < -0.39 is 39.8 Å². The lowest BCUT2D eigenvalue weighted by Crippen LogP contribution is -2.62. The summed E-state index contributed by atoms with van der Waals surface area (Å²) in [5.74, 6) is -21.0. The van der Waals surface area contributed by atoms with Crippen molar-refractivity contribution in [3.05, 3.63) is 0 Å². The first-order valence-corrected chi connectivity index (χ1v) is 5.99. The Bertz CT molecular complexity index is 403. The molecule has 0 aliphatic carbocycles. The summed E-state index contributed by atoms with van der Waals surface area (Å²) in [6, 6.07) is 0. The molecule has 0 saturated heterocycles. The van der Waals surface area contributed by atoms with Crippen LogP contribution in [0.2, 0.25) is 0 Å². The number of halogens is 10. The lowest BCUT2D eigenvalue weighted by Gasteiger charge is -2.36. The number of methoxy groups -OCH3 is 1. The average Bonchev–Trinajstić information content (AvgIpc) is 2.24. The predicted molar refractivity (Wildman–Crippen MR) is 60.0 cm³/mol. The molecule has 0 aliphatic heterocycles. The first-order chi connectivity index (χ1) is 8.94. The monoisotopic (exact) mass is 446 g/mol. The Kier molecular flexibility index (Phi) is 5.53. The summed E-state index contributed by atoms with van der Waals surface area (Å²) in [5, 5.41) is 0. The number of carbonyl (C=O) groups excluding carboxylic acids is 1. The minimum atomic E-state index is -6.97. The topological polar surface area (TPSA) is 26.3 Å². The van der Waals surface area contributed by atoms with Gasteiger partial charge in [-0.05, 0) is 6.92 Å². The molecule has 0 radical (unpaired) electrons. The highest BCUT2D eigenvalue weighted by atomic mass is 127. The van der Waals surface area contributed by atoms with Crippen LogP contribution in [0.5, 0.6) is 0 Å². The Balaban J connectivity index is 5.65. The molecule has 126 valence electrons. The molecule has 2 nitrogen and oxygen atoms in total. The molecular weight excluding hydrogens is 438 g/mol. The number of ether oxygens (including phenoxy) is 1. The number of carbonyl (C=O) groups is 1. The Hall–Kier alpha value is -0.430. The predicted octanol–water partition coefficient (Wildman–Crippen LogP) is 4.21. The van der Waals surface area contributed by atoms with Crippen LogP contribution in [0.25, 0.3) is 0 Å². The Labute approximate surface area is 126 Å². The molecule has 0 amide bonds. The highest BCUT2D eigenvalue weighted by Crippen LogP contribution is 2.55. The average molecular weight is 446 g/mol. The molecule has 0 aliphatic rings. The van der Waals surface area contributed by atoms with Crippen LogP contribution in [-0.2, 0) is 9.53 Å². The normalized spacial score (nSPS) is 17.3. The smallest absolute Gasteiger partial charge is 0.460 e. The van der Waals surface area contributed by atoms with Crippen molar-refractivity contribution >= 4 is 28.6 Å². The second-order valence-corrected chi connectivity index (χ2v) is 6.60. The van der Waals surface area contributed by atoms with Gasteiger partial charge in [0.2, 0.25) is 0 Å². The molecule has 12 heteroatoms. The lowest BCUT2D eigenvalue weighted by molar-refractivity contribution is -0.397. The van der Waals surface area contributed by atoms with Gasteiger partial charge >= 0.3 is 29.9 Å². The molecule has 0 heterocycles. The van der Waals surface area contributed by atoms with E-state index in [0.717, 1.165) is 22.6 Å². The van der Waals surface area contributed by atoms with E-state index in [4.69, 9.17) is 0 Å². The van der Waals surface area contributed by atoms with Gasteiger partial charge in [0.05, 0.1) is 7.11 Å². The van der Waals surface area contributed by atoms with Crippen molar-refractivity contribution in [1.82, 2.24) is 0 Å². The SMILES string of the molecule is COC(=O)C(C)(I)CC(F)(F)C(F)(F)C(F)(F)C(F)(F)F. The summed E-state index contributed by atoms with van der Waals surface area (Å²) in [4.78, 5) is 11.1. The number of alkyl halides is 10. The molecular formula is C9H8F9IO2. The summed E-state index contributed by atoms with van der Waals surface area (Å²) >= 11 is 0.902. The van der Waals surface area contributed by atoms with Crippen molar-refractivity contribution in [1.29, 1.82) is 0 Å². The first kappa shape index (κ1) is 20.6. The quantitative estimate of drug-likeness (QED) is 0.274. The number of rotatable bonds is 5. The van der Waals surface area contributed by atoms with Crippen LogP contribution in [0, 0.1) is 0 Å². The van der Waals surface area contributed by atoms with Crippen LogP contribution >= 0.6 is 22.6 Å². The van der Waals surface area contributed by atoms with Crippen molar-refractivity contribution in [2.45, 2.75) is 40.7 Å². The number of hydrogen-bond acceptors (Lipinski definition) is 2. The van der Waals surface area contributed by atoms with E-state index in [2.05, 4.69) is 4.74 Å². The van der Waals surface area contributed by atoms with Crippen molar-refractivity contribution in [3.63, 3.8) is 0 Å². The van der Waals surface area contributed by atoms with Gasteiger partial charge in [0.1, 0.15) is 3.42 Å². The second-order valence-electron chi connectivity index (χ2n) is 4.22. The summed E-state index contributed by atoms with van der Waals surface area (Å²) in [7, 11) is 0.708. The molecule has 0 N–H and O–H groups in total. The van der Waals surface area contributed by atoms with Crippen LogP contribution in [0.1, 0.15) is 13.3 Å². The van der Waals surface area contributed by atoms with Crippen LogP contribution in [0.3, 0.4) is 0 Å². The fourth-order valence-corrected chi connectivity index (χ4v) is 1.92. The maximum atomic E-state index is 13.3. The molecule has 0 bridgehead atoms. The van der Waals surface area contributed by atoms with Gasteiger partial charge in [-0.3, -0.25) is 4.79 Å². The fraction of sp³-hybridized carbons (Fsp3) is 0.889. The molecule has 0 rings (SSSR count). The molecule has 0 fully saturated rings. The van der Waals surface area contributed by atoms with E-state index in [1.807, 2.05) is 0 Å². The van der Waals surface area contributed by atoms with E-state index in [1.165, 1.54) is 0 Å². The lowest BCUT2D eigenvalue weighted by atomic mass is 9.94. The minimum Gasteiger partial charge on any atom is -0.468 e. The third-order valence-corrected chi connectivity index (χ3v) is 3.20. The van der Waals surface area contributed by atoms with Gasteiger partial charge in [-0.1, -0.05) is 22.6 Å². The zero-order valence-corrected chi connectivity index (χ0v) is 12.5. The van der Waals surface area contributed by atoms with Crippen LogP contribution in [0.15, 0.2) is 0 Å². The van der Waals surface area contributed by atoms with E-state index in [1.54, 1.807) is 0 Å². The first-order valence-electron chi connectivity index (χ1n) is 4.91. The van der Waals surface area contributed by atoms with Crippen LogP contribution in [0.4, 0.5) is 39.5 Å². The molecule has 1 unspecified atom stereocenters. The van der Waals surface area contributed by atoms with Gasteiger partial charge in [-0.15, -0.1) is 0 Å². The van der Waals surface area contributed by atoms with E-state index in [9.17, 15) is 44.3 Å². The Morgan fingerprint density at radius 2 is 1.33 bits per heavy atom. The number of hydrogen-bond donors (Lipinski definition) is 0. The van der Waals surface area contributed by atoms with Crippen molar-refractivity contribution in [2.24, 2.45) is 0 Å². The third kappa shape index (κ3) is 3.67. The molecule has 1 atom stereocenters. The van der Waals surface area contributed by atoms with Crippen molar-refractivity contribution < 1.29 is 49.0 Å². The second kappa shape index (κ2) is 5.65. The summed E-state index contributed by atoms with van der Waals surface area (Å²) in [6.07, 6.45) is -9.15. The summed E-state index contributed by atoms with van der Waals surface area (Å²) in [5.41, 5.74) is 0. The summed E-state index contributed by atoms with van der Waals surface area (Å²) < 4.78 is 115. The molecule has 0 spiro atoms. The van der Waals surface area contributed by atoms with Gasteiger partial charge < -0.3 is 4.74 Å². The van der Waals surface area contributed by atoms with E-state index >= 15 is 0 Å². The van der Waals surface area contributed by atoms with Crippen molar-refractivity contribution in [3.8, 4) is 0 Å². The van der Waals surface area contributed by atoms with E-state index in [0.29, 0.717) is 14.0 Å². The van der Waals surface area contributed by atoms with Crippen LogP contribution < -0.4 is 0 Å². The maximum Gasteiger partial charge on any atom is 0.460 e. The highest BCUT2D eigenvalue weighted by molar-refractivity contribution is 14.1. The van der Waals surface area contributed by atoms with E-state index in [-0.39, 0.29) is 0 Å². The fourth-order valence-electron chi connectivity index (χ4n) is 1.22. The Morgan fingerprint density at radius 3 is 1.62 bits per heavy atom. The van der Waals surface area contributed by atoms with Crippen LogP contribution in [-0.4, -0.2) is 40.4 Å². The maximum absolute atomic E-state index is 13.3. The molecule has 0 aromatic heterocycles. The zero-order chi connectivity index (χ0) is 17.5. The highest BCUT2D eigenvalue weighted by Gasteiger charge is 2.82. The third-order valence-electron chi connectivity index (χ3n) is 2.37. The van der Waals surface area contributed by atoms with Gasteiger partial charge in [-0.2, -0.15) is 39.5 Å². The van der Waals surface area contributed by atoms with Gasteiger partial charge in [0.25, 0.3) is 0 Å². The minimum absolute atomic E-state index is 0.634. The molecule has 21 heavy (non-hydrogen) atoms. The largest absolute Gasteiger partial charge is 0.468 e. The molecule has 0 aromatic rings. The number of esters is 1. The van der Waals surface area contributed by atoms with Gasteiger partial charge in [-0.25, -0.2) is 0 Å². The zero-order valence-electron chi connectivity index (χ0n) is 10.3. The standard InChI is InChI=1S/C9H8F9IO2/c1-5(19,4(20)21-2)3-6(10,11)7(12,13)8(14,15)9(16,17)18/h3H2,1-2H3. The van der Waals surface area contributed by atoms with Gasteiger partial charge in [0, 0.05) is 6.42 Å². The van der Waals surface area contributed by atoms with Gasteiger partial charge in [0.15, 0.2) is 0 Å². The van der Waals surface area contributed by atoms with Crippen molar-refractivity contribution in [2.75, 3.05) is 7.11 Å². The molecule has 0 aromatic carbocycles. The molecule has 0 saturated carbocycles. The Morgan fingerprint density at radius 1 is 0.952 bits per heavy atom.